The highest BCUT2D eigenvalue weighted by Gasteiger charge is 2.40. The summed E-state index contributed by atoms with van der Waals surface area (Å²) in [5.41, 5.74) is 1.68. The first-order chi connectivity index (χ1) is 10.1. The summed E-state index contributed by atoms with van der Waals surface area (Å²) in [7, 11) is 0. The zero-order valence-corrected chi connectivity index (χ0v) is 14.1. The molecule has 1 aromatic heterocycles. The molecule has 0 saturated heterocycles. The fraction of sp³-hybridized carbons (Fsp3) is 0.765. The Labute approximate surface area is 129 Å². The van der Waals surface area contributed by atoms with E-state index in [0.29, 0.717) is 5.41 Å². The molecule has 1 saturated carbocycles. The Hall–Kier alpha value is -1.32. The fourth-order valence-corrected chi connectivity index (χ4v) is 2.59. The lowest BCUT2D eigenvalue weighted by atomic mass is 10.0. The molecule has 2 rings (SSSR count). The van der Waals surface area contributed by atoms with Gasteiger partial charge in [0.25, 0.3) is 0 Å². The third kappa shape index (κ3) is 4.08. The highest BCUT2D eigenvalue weighted by Crippen LogP contribution is 2.48. The molecular weight excluding hydrogens is 260 g/mol. The van der Waals surface area contributed by atoms with Crippen LogP contribution in [0.2, 0.25) is 0 Å². The van der Waals surface area contributed by atoms with Gasteiger partial charge in [-0.2, -0.15) is 0 Å². The van der Waals surface area contributed by atoms with Gasteiger partial charge in [-0.1, -0.05) is 20.8 Å². The molecule has 21 heavy (non-hydrogen) atoms. The van der Waals surface area contributed by atoms with Crippen LogP contribution >= 0.6 is 0 Å². The summed E-state index contributed by atoms with van der Waals surface area (Å²) >= 11 is 0. The second kappa shape index (κ2) is 7.10. The lowest BCUT2D eigenvalue weighted by Crippen LogP contribution is -2.18. The molecule has 2 N–H and O–H groups in total. The quantitative estimate of drug-likeness (QED) is 0.717. The van der Waals surface area contributed by atoms with Gasteiger partial charge in [-0.15, -0.1) is 0 Å². The largest absolute Gasteiger partial charge is 0.370 e. The minimum atomic E-state index is 0.527. The van der Waals surface area contributed by atoms with Gasteiger partial charge in [0.15, 0.2) is 0 Å². The molecule has 0 atom stereocenters. The lowest BCUT2D eigenvalue weighted by molar-refractivity contribution is 0.520. The molecule has 0 bridgehead atoms. The maximum absolute atomic E-state index is 4.73. The zero-order valence-electron chi connectivity index (χ0n) is 14.1. The number of rotatable bonds is 9. The lowest BCUT2D eigenvalue weighted by Gasteiger charge is -2.18. The van der Waals surface area contributed by atoms with Crippen molar-refractivity contribution in [2.45, 2.75) is 66.2 Å². The van der Waals surface area contributed by atoms with E-state index in [2.05, 4.69) is 43.3 Å². The number of aryl methyl sites for hydroxylation is 1. The van der Waals surface area contributed by atoms with Gasteiger partial charge in [-0.3, -0.25) is 0 Å². The molecule has 1 fully saturated rings. The van der Waals surface area contributed by atoms with Crippen molar-refractivity contribution in [3.05, 3.63) is 11.4 Å². The first-order valence-electron chi connectivity index (χ1n) is 8.49. The van der Waals surface area contributed by atoms with Crippen molar-refractivity contribution in [1.29, 1.82) is 0 Å². The predicted molar refractivity (Wildman–Crippen MR) is 90.0 cm³/mol. The Kier molecular flexibility index (Phi) is 5.43. The molecule has 4 heteroatoms. The fourth-order valence-electron chi connectivity index (χ4n) is 2.59. The van der Waals surface area contributed by atoms with E-state index >= 15 is 0 Å². The Balaban J connectivity index is 2.14. The van der Waals surface area contributed by atoms with Crippen LogP contribution in [0.4, 0.5) is 11.6 Å². The van der Waals surface area contributed by atoms with Crippen LogP contribution in [0.3, 0.4) is 0 Å². The SMILES string of the molecule is CCCNc1nc(CCC)nc(NCC2(CC)CC2)c1C. The summed E-state index contributed by atoms with van der Waals surface area (Å²) in [5, 5.41) is 7.03. The molecule has 0 unspecified atom stereocenters. The summed E-state index contributed by atoms with van der Waals surface area (Å²) < 4.78 is 0. The standard InChI is InChI=1S/C17H30N4/c1-5-8-14-20-15(18-11-6-2)13(4)16(21-14)19-12-17(7-3)9-10-17/h5-12H2,1-4H3,(H2,18,19,20,21). The van der Waals surface area contributed by atoms with Gasteiger partial charge < -0.3 is 10.6 Å². The van der Waals surface area contributed by atoms with Crippen LogP contribution in [0, 0.1) is 12.3 Å². The molecule has 1 heterocycles. The molecule has 0 aromatic carbocycles. The van der Waals surface area contributed by atoms with Gasteiger partial charge in [0.05, 0.1) is 0 Å². The van der Waals surface area contributed by atoms with E-state index in [-0.39, 0.29) is 0 Å². The van der Waals surface area contributed by atoms with E-state index in [1.807, 2.05) is 0 Å². The maximum atomic E-state index is 4.73. The monoisotopic (exact) mass is 290 g/mol. The minimum absolute atomic E-state index is 0.527. The van der Waals surface area contributed by atoms with Crippen LogP contribution in [0.5, 0.6) is 0 Å². The number of aromatic nitrogens is 2. The number of hydrogen-bond donors (Lipinski definition) is 2. The van der Waals surface area contributed by atoms with Crippen LogP contribution in [0.1, 0.15) is 64.3 Å². The van der Waals surface area contributed by atoms with Crippen molar-refractivity contribution in [1.82, 2.24) is 9.97 Å². The van der Waals surface area contributed by atoms with E-state index in [1.54, 1.807) is 0 Å². The van der Waals surface area contributed by atoms with Crippen molar-refractivity contribution in [3.63, 3.8) is 0 Å². The van der Waals surface area contributed by atoms with Crippen LogP contribution < -0.4 is 10.6 Å². The molecule has 118 valence electrons. The molecule has 0 amide bonds. The molecule has 1 aliphatic carbocycles. The van der Waals surface area contributed by atoms with E-state index in [4.69, 9.17) is 4.98 Å². The van der Waals surface area contributed by atoms with Crippen LogP contribution in [0.25, 0.3) is 0 Å². The Morgan fingerprint density at radius 3 is 2.19 bits per heavy atom. The van der Waals surface area contributed by atoms with Gasteiger partial charge in [0.1, 0.15) is 17.5 Å². The molecule has 1 aromatic rings. The smallest absolute Gasteiger partial charge is 0.134 e. The average molecular weight is 290 g/mol. The van der Waals surface area contributed by atoms with E-state index < -0.39 is 0 Å². The topological polar surface area (TPSA) is 49.8 Å². The Morgan fingerprint density at radius 2 is 1.67 bits per heavy atom. The van der Waals surface area contributed by atoms with Crippen LogP contribution in [0.15, 0.2) is 0 Å². The molecule has 1 aliphatic rings. The van der Waals surface area contributed by atoms with Crippen LogP contribution in [-0.4, -0.2) is 23.1 Å². The van der Waals surface area contributed by atoms with Crippen LogP contribution in [-0.2, 0) is 6.42 Å². The van der Waals surface area contributed by atoms with E-state index in [1.165, 1.54) is 19.3 Å². The number of anilines is 2. The van der Waals surface area contributed by atoms with E-state index in [0.717, 1.165) is 55.4 Å². The number of nitrogens with zero attached hydrogens (tertiary/aromatic N) is 2. The van der Waals surface area contributed by atoms with Crippen molar-refractivity contribution in [2.24, 2.45) is 5.41 Å². The summed E-state index contributed by atoms with van der Waals surface area (Å²) in [6.45, 7) is 10.8. The van der Waals surface area contributed by atoms with Gasteiger partial charge in [0, 0.05) is 25.1 Å². The van der Waals surface area contributed by atoms with Gasteiger partial charge >= 0.3 is 0 Å². The van der Waals surface area contributed by atoms with E-state index in [9.17, 15) is 0 Å². The summed E-state index contributed by atoms with van der Waals surface area (Å²) in [6.07, 6.45) is 7.08. The second-order valence-electron chi connectivity index (χ2n) is 6.35. The first kappa shape index (κ1) is 16.1. The first-order valence-corrected chi connectivity index (χ1v) is 8.49. The zero-order chi connectivity index (χ0) is 15.3. The normalized spacial score (nSPS) is 15.8. The van der Waals surface area contributed by atoms with Gasteiger partial charge in [-0.05, 0) is 44.4 Å². The number of hydrogen-bond acceptors (Lipinski definition) is 4. The molecule has 4 nitrogen and oxygen atoms in total. The molecule has 0 radical (unpaired) electrons. The molecule has 0 spiro atoms. The van der Waals surface area contributed by atoms with Crippen molar-refractivity contribution < 1.29 is 0 Å². The minimum Gasteiger partial charge on any atom is -0.370 e. The second-order valence-corrected chi connectivity index (χ2v) is 6.35. The van der Waals surface area contributed by atoms with Crippen molar-refractivity contribution in [3.8, 4) is 0 Å². The summed E-state index contributed by atoms with van der Waals surface area (Å²) in [6, 6.07) is 0. The van der Waals surface area contributed by atoms with Crippen molar-refractivity contribution >= 4 is 11.6 Å². The average Bonchev–Trinajstić information content (AvgIpc) is 3.27. The summed E-state index contributed by atoms with van der Waals surface area (Å²) in [5.74, 6) is 2.97. The van der Waals surface area contributed by atoms with Gasteiger partial charge in [-0.25, -0.2) is 9.97 Å². The third-order valence-corrected chi connectivity index (χ3v) is 4.55. The predicted octanol–water partition coefficient (Wildman–Crippen LogP) is 4.16. The Bertz CT molecular complexity index is 466. The van der Waals surface area contributed by atoms with Crippen molar-refractivity contribution in [2.75, 3.05) is 23.7 Å². The van der Waals surface area contributed by atoms with Gasteiger partial charge in [0.2, 0.25) is 0 Å². The summed E-state index contributed by atoms with van der Waals surface area (Å²) in [4.78, 5) is 9.41. The highest BCUT2D eigenvalue weighted by atomic mass is 15.1. The molecule has 0 aliphatic heterocycles. The molecular formula is C17H30N4. The third-order valence-electron chi connectivity index (χ3n) is 4.55. The Morgan fingerprint density at radius 1 is 1.00 bits per heavy atom. The number of nitrogens with one attached hydrogen (secondary N) is 2. The maximum Gasteiger partial charge on any atom is 0.134 e. The highest BCUT2D eigenvalue weighted by molar-refractivity contribution is 5.57.